The Labute approximate surface area is 202 Å². The van der Waals surface area contributed by atoms with Gasteiger partial charge in [-0.15, -0.1) is 0 Å². The van der Waals surface area contributed by atoms with Gasteiger partial charge in [-0.25, -0.2) is 0 Å². The molecule has 0 spiro atoms. The number of nitrogens with two attached hydrogens (primary N) is 2. The number of nitrogens with zero attached hydrogens (tertiary/aromatic N) is 2. The Morgan fingerprint density at radius 2 is 1.24 bits per heavy atom. The van der Waals surface area contributed by atoms with Gasteiger partial charge in [-0.3, -0.25) is 9.59 Å². The number of nitrogens with one attached hydrogen (secondary N) is 1. The molecule has 0 aromatic heterocycles. The van der Waals surface area contributed by atoms with Crippen LogP contribution in [-0.4, -0.2) is 80.4 Å². The summed E-state index contributed by atoms with van der Waals surface area (Å²) in [5.41, 5.74) is 11.0. The fraction of sp³-hybridized carbons (Fsp3) is 0.923. The summed E-state index contributed by atoms with van der Waals surface area (Å²) in [5, 5.41) is 2.95. The molecule has 0 aliphatic carbocycles. The molecule has 1 amide bonds. The molecule has 0 aromatic rings. The minimum atomic E-state index is 0.158. The molecule has 192 valence electrons. The van der Waals surface area contributed by atoms with E-state index in [0.717, 1.165) is 57.3 Å². The minimum Gasteiger partial charge on any atom is -0.356 e. The molecule has 0 radical (unpaired) electrons. The largest absolute Gasteiger partial charge is 0.356 e. The Hall–Kier alpha value is -1.02. The van der Waals surface area contributed by atoms with Gasteiger partial charge in [-0.2, -0.15) is 0 Å². The highest BCUT2D eigenvalue weighted by molar-refractivity contribution is 5.78. The van der Waals surface area contributed by atoms with Crippen LogP contribution in [-0.2, 0) is 9.59 Å². The van der Waals surface area contributed by atoms with Crippen LogP contribution in [0.4, 0.5) is 0 Å². The lowest BCUT2D eigenvalue weighted by Gasteiger charge is -2.33. The number of piperidine rings is 2. The number of carbonyl (C=O) groups is 2. The first-order valence-corrected chi connectivity index (χ1v) is 13.7. The maximum atomic E-state index is 12.0. The predicted molar refractivity (Wildman–Crippen MR) is 136 cm³/mol. The summed E-state index contributed by atoms with van der Waals surface area (Å²) in [6.45, 7) is 8.47. The number of carbonyl (C=O) groups excluding carboxylic acids is 2. The van der Waals surface area contributed by atoms with Gasteiger partial charge in [-0.05, 0) is 96.1 Å². The second kappa shape index (κ2) is 17.4. The summed E-state index contributed by atoms with van der Waals surface area (Å²) >= 11 is 0. The molecule has 2 rings (SSSR count). The fourth-order valence-electron chi connectivity index (χ4n) is 5.24. The number of likely N-dealkylation sites (tertiary alicyclic amines) is 2. The van der Waals surface area contributed by atoms with Crippen molar-refractivity contribution < 1.29 is 9.59 Å². The van der Waals surface area contributed by atoms with E-state index in [0.29, 0.717) is 44.7 Å². The third kappa shape index (κ3) is 12.9. The standard InChI is InChI=1S/C26H51N5O2/c27-14-2-1-7-25(32)12-21-30-17-8-23(9-18-30)5-3-6-24-10-19-31(20-11-24)22-13-26(33)29-16-4-15-28/h23-24H,1-22,27-28H2,(H,29,33). The lowest BCUT2D eigenvalue weighted by Crippen LogP contribution is -2.37. The van der Waals surface area contributed by atoms with E-state index >= 15 is 0 Å². The zero-order chi connectivity index (χ0) is 23.7. The molecule has 7 nitrogen and oxygen atoms in total. The Bertz CT molecular complexity index is 483. The molecule has 2 heterocycles. The fourth-order valence-corrected chi connectivity index (χ4v) is 5.24. The van der Waals surface area contributed by atoms with Crippen molar-refractivity contribution in [2.45, 2.75) is 83.5 Å². The van der Waals surface area contributed by atoms with Crippen molar-refractivity contribution in [2.24, 2.45) is 23.3 Å². The molecule has 0 unspecified atom stereocenters. The van der Waals surface area contributed by atoms with Crippen LogP contribution in [0.2, 0.25) is 0 Å². The monoisotopic (exact) mass is 465 g/mol. The number of unbranched alkanes of at least 4 members (excludes halogenated alkanes) is 1. The van der Waals surface area contributed by atoms with Gasteiger partial charge < -0.3 is 26.6 Å². The predicted octanol–water partition coefficient (Wildman–Crippen LogP) is 2.52. The Kier molecular flexibility index (Phi) is 14.9. The summed E-state index contributed by atoms with van der Waals surface area (Å²) < 4.78 is 0. The van der Waals surface area contributed by atoms with E-state index < -0.39 is 0 Å². The molecule has 2 fully saturated rings. The highest BCUT2D eigenvalue weighted by atomic mass is 16.1. The van der Waals surface area contributed by atoms with Gasteiger partial charge in [0.2, 0.25) is 5.91 Å². The molecular formula is C26H51N5O2. The first-order valence-electron chi connectivity index (χ1n) is 13.7. The normalized spacial score (nSPS) is 19.1. The van der Waals surface area contributed by atoms with Crippen LogP contribution in [0.25, 0.3) is 0 Å². The molecule has 7 heteroatoms. The van der Waals surface area contributed by atoms with Crippen molar-refractivity contribution in [3.05, 3.63) is 0 Å². The van der Waals surface area contributed by atoms with Crippen molar-refractivity contribution >= 4 is 11.7 Å². The second-order valence-corrected chi connectivity index (χ2v) is 10.3. The van der Waals surface area contributed by atoms with Crippen LogP contribution < -0.4 is 16.8 Å². The molecule has 2 aliphatic heterocycles. The average molecular weight is 466 g/mol. The molecule has 0 saturated carbocycles. The zero-order valence-electron chi connectivity index (χ0n) is 21.1. The quantitative estimate of drug-likeness (QED) is 0.285. The van der Waals surface area contributed by atoms with Gasteiger partial charge in [0.15, 0.2) is 0 Å². The molecule has 5 N–H and O–H groups in total. The summed E-state index contributed by atoms with van der Waals surface area (Å²) in [7, 11) is 0. The lowest BCUT2D eigenvalue weighted by atomic mass is 9.87. The number of hydrogen-bond donors (Lipinski definition) is 3. The molecule has 2 aliphatic rings. The molecule has 2 saturated heterocycles. The van der Waals surface area contributed by atoms with Crippen molar-refractivity contribution in [3.8, 4) is 0 Å². The highest BCUT2D eigenvalue weighted by Gasteiger charge is 2.22. The summed E-state index contributed by atoms with van der Waals surface area (Å²) in [6, 6.07) is 0. The van der Waals surface area contributed by atoms with Crippen molar-refractivity contribution in [1.29, 1.82) is 0 Å². The van der Waals surface area contributed by atoms with E-state index in [1.54, 1.807) is 0 Å². The van der Waals surface area contributed by atoms with Gasteiger partial charge in [0.25, 0.3) is 0 Å². The van der Waals surface area contributed by atoms with E-state index in [1.165, 1.54) is 58.0 Å². The number of ketones is 1. The smallest absolute Gasteiger partial charge is 0.221 e. The molecule has 0 atom stereocenters. The number of rotatable bonds is 17. The summed E-state index contributed by atoms with van der Waals surface area (Å²) in [5.74, 6) is 2.30. The Morgan fingerprint density at radius 3 is 1.79 bits per heavy atom. The van der Waals surface area contributed by atoms with Crippen molar-refractivity contribution in [2.75, 3.05) is 58.9 Å². The number of Topliss-reactive ketones (excluding diaryl/α,β-unsaturated/α-hetero) is 1. The molecule has 0 aromatic carbocycles. The first-order chi connectivity index (χ1) is 16.1. The topological polar surface area (TPSA) is 105 Å². The van der Waals surface area contributed by atoms with Gasteiger partial charge in [-0.1, -0.05) is 19.3 Å². The van der Waals surface area contributed by atoms with E-state index in [-0.39, 0.29) is 5.91 Å². The summed E-state index contributed by atoms with van der Waals surface area (Å²) in [6.07, 6.45) is 14.1. The van der Waals surface area contributed by atoms with Gasteiger partial charge in [0, 0.05) is 38.9 Å². The molecular weight excluding hydrogens is 414 g/mol. The SMILES string of the molecule is NCCCCC(=O)CCN1CCC(CCCC2CCN(CCC(=O)NCCCN)CC2)CC1. The van der Waals surface area contributed by atoms with Crippen LogP contribution in [0.1, 0.15) is 83.5 Å². The van der Waals surface area contributed by atoms with Crippen LogP contribution in [0.15, 0.2) is 0 Å². The number of amides is 1. The maximum Gasteiger partial charge on any atom is 0.221 e. The highest BCUT2D eigenvalue weighted by Crippen LogP contribution is 2.27. The van der Waals surface area contributed by atoms with Crippen LogP contribution >= 0.6 is 0 Å². The molecule has 0 bridgehead atoms. The number of hydrogen-bond acceptors (Lipinski definition) is 6. The van der Waals surface area contributed by atoms with Crippen LogP contribution in [0, 0.1) is 11.8 Å². The van der Waals surface area contributed by atoms with Crippen molar-refractivity contribution in [1.82, 2.24) is 15.1 Å². The van der Waals surface area contributed by atoms with Crippen LogP contribution in [0.5, 0.6) is 0 Å². The van der Waals surface area contributed by atoms with E-state index in [4.69, 9.17) is 11.5 Å². The van der Waals surface area contributed by atoms with Gasteiger partial charge in [0.05, 0.1) is 0 Å². The average Bonchev–Trinajstić information content (AvgIpc) is 2.83. The van der Waals surface area contributed by atoms with E-state index in [2.05, 4.69) is 15.1 Å². The maximum absolute atomic E-state index is 12.0. The zero-order valence-corrected chi connectivity index (χ0v) is 21.1. The Balaban J connectivity index is 1.45. The second-order valence-electron chi connectivity index (χ2n) is 10.3. The molecule has 33 heavy (non-hydrogen) atoms. The first kappa shape index (κ1) is 28.2. The van der Waals surface area contributed by atoms with E-state index in [9.17, 15) is 9.59 Å². The minimum absolute atomic E-state index is 0.158. The summed E-state index contributed by atoms with van der Waals surface area (Å²) in [4.78, 5) is 28.8. The van der Waals surface area contributed by atoms with Crippen LogP contribution in [0.3, 0.4) is 0 Å². The van der Waals surface area contributed by atoms with Gasteiger partial charge in [0.1, 0.15) is 5.78 Å². The third-order valence-electron chi connectivity index (χ3n) is 7.61. The van der Waals surface area contributed by atoms with Gasteiger partial charge >= 0.3 is 0 Å². The third-order valence-corrected chi connectivity index (χ3v) is 7.61. The van der Waals surface area contributed by atoms with Crippen molar-refractivity contribution in [3.63, 3.8) is 0 Å². The van der Waals surface area contributed by atoms with E-state index in [1.807, 2.05) is 0 Å². The Morgan fingerprint density at radius 1 is 0.697 bits per heavy atom. The lowest BCUT2D eigenvalue weighted by molar-refractivity contribution is -0.121.